The van der Waals surface area contributed by atoms with E-state index in [2.05, 4.69) is 50.0 Å². The Morgan fingerprint density at radius 1 is 1.22 bits per heavy atom. The number of piperidine rings is 1. The second kappa shape index (κ2) is 7.02. The Hall–Kier alpha value is -2.46. The molecule has 4 heterocycles. The van der Waals surface area contributed by atoms with Crippen LogP contribution in [0.5, 0.6) is 0 Å². The quantitative estimate of drug-likeness (QED) is 0.356. The Labute approximate surface area is 195 Å². The molecule has 0 N–H and O–H groups in total. The lowest BCUT2D eigenvalue weighted by molar-refractivity contribution is 0.544. The van der Waals surface area contributed by atoms with Crippen molar-refractivity contribution in [2.45, 2.75) is 38.1 Å². The molecule has 1 aliphatic heterocycles. The van der Waals surface area contributed by atoms with Crippen molar-refractivity contribution in [3.05, 3.63) is 57.3 Å². The fourth-order valence-electron chi connectivity index (χ4n) is 4.89. The molecule has 1 saturated heterocycles. The van der Waals surface area contributed by atoms with E-state index in [1.165, 1.54) is 29.5 Å². The number of hydrogen-bond donors (Lipinski definition) is 0. The molecule has 1 saturated carbocycles. The van der Waals surface area contributed by atoms with E-state index in [0.717, 1.165) is 40.8 Å². The van der Waals surface area contributed by atoms with Crippen molar-refractivity contribution >= 4 is 38.7 Å². The lowest BCUT2D eigenvalue weighted by atomic mass is 10.0. The first-order chi connectivity index (χ1) is 15.4. The summed E-state index contributed by atoms with van der Waals surface area (Å²) in [7, 11) is 0. The van der Waals surface area contributed by atoms with Crippen LogP contribution in [0.3, 0.4) is 0 Å². The van der Waals surface area contributed by atoms with E-state index in [0.29, 0.717) is 21.7 Å². The minimum atomic E-state index is -0.539. The third kappa shape index (κ3) is 2.85. The van der Waals surface area contributed by atoms with Crippen molar-refractivity contribution in [3.63, 3.8) is 0 Å². The molecule has 0 spiro atoms. The third-order valence-corrected chi connectivity index (χ3v) is 8.30. The molecule has 4 aromatic rings. The summed E-state index contributed by atoms with van der Waals surface area (Å²) >= 11 is 5.07. The second-order valence-corrected chi connectivity index (χ2v) is 10.5. The standard InChI is InChI=1S/C22H19BrF2N6S/c1-11(2)20-27-28-21(32-20)17-18(23)29-31-8-6-16(26-19(17)31)30-7-5-12-10-22(12,30)14-9-13(24)3-4-15(14)25/h3-4,6,8-9,11-12H,5,7,10H2,1-2H3/t12-,22+/m0/s1. The van der Waals surface area contributed by atoms with Gasteiger partial charge in [-0.2, -0.15) is 5.10 Å². The summed E-state index contributed by atoms with van der Waals surface area (Å²) in [4.78, 5) is 7.05. The maximum Gasteiger partial charge on any atom is 0.168 e. The molecule has 6 nitrogen and oxygen atoms in total. The van der Waals surface area contributed by atoms with Crippen LogP contribution in [0.4, 0.5) is 14.6 Å². The van der Waals surface area contributed by atoms with Crippen LogP contribution < -0.4 is 4.90 Å². The number of hydrogen-bond acceptors (Lipinski definition) is 6. The fourth-order valence-corrected chi connectivity index (χ4v) is 6.45. The van der Waals surface area contributed by atoms with E-state index in [1.54, 1.807) is 4.52 Å². The van der Waals surface area contributed by atoms with Crippen LogP contribution in [-0.2, 0) is 5.54 Å². The van der Waals surface area contributed by atoms with Gasteiger partial charge in [0.25, 0.3) is 0 Å². The van der Waals surface area contributed by atoms with Crippen LogP contribution >= 0.6 is 27.3 Å². The molecule has 0 radical (unpaired) electrons. The molecule has 0 amide bonds. The molecule has 2 aliphatic rings. The molecule has 0 unspecified atom stereocenters. The Morgan fingerprint density at radius 2 is 2.06 bits per heavy atom. The summed E-state index contributed by atoms with van der Waals surface area (Å²) in [5, 5.41) is 14.9. The number of rotatable bonds is 4. The topological polar surface area (TPSA) is 59.2 Å². The van der Waals surface area contributed by atoms with Gasteiger partial charge in [-0.15, -0.1) is 10.2 Å². The molecular formula is C22H19BrF2N6S. The minimum absolute atomic E-state index is 0.280. The zero-order valence-corrected chi connectivity index (χ0v) is 19.8. The first-order valence-corrected chi connectivity index (χ1v) is 12.1. The number of anilines is 1. The van der Waals surface area contributed by atoms with Crippen LogP contribution in [0, 0.1) is 17.6 Å². The van der Waals surface area contributed by atoms with Gasteiger partial charge in [-0.1, -0.05) is 25.2 Å². The summed E-state index contributed by atoms with van der Waals surface area (Å²) in [6, 6.07) is 5.60. The van der Waals surface area contributed by atoms with Crippen LogP contribution in [0.15, 0.2) is 35.1 Å². The second-order valence-electron chi connectivity index (χ2n) is 8.71. The van der Waals surface area contributed by atoms with Gasteiger partial charge >= 0.3 is 0 Å². The first-order valence-electron chi connectivity index (χ1n) is 10.5. The Balaban J connectivity index is 1.47. The van der Waals surface area contributed by atoms with Crippen LogP contribution in [0.25, 0.3) is 16.2 Å². The van der Waals surface area contributed by atoms with Crippen molar-refractivity contribution in [2.75, 3.05) is 11.4 Å². The molecule has 32 heavy (non-hydrogen) atoms. The number of fused-ring (bicyclic) bond motifs is 2. The number of nitrogens with zero attached hydrogens (tertiary/aromatic N) is 6. The van der Waals surface area contributed by atoms with Gasteiger partial charge in [-0.3, -0.25) is 0 Å². The first kappa shape index (κ1) is 20.2. The van der Waals surface area contributed by atoms with Gasteiger partial charge in [0.2, 0.25) is 0 Å². The molecule has 2 atom stereocenters. The largest absolute Gasteiger partial charge is 0.346 e. The molecule has 1 aliphatic carbocycles. The van der Waals surface area contributed by atoms with E-state index in [4.69, 9.17) is 4.98 Å². The number of halogens is 3. The summed E-state index contributed by atoms with van der Waals surface area (Å²) in [6.07, 6.45) is 3.57. The maximum atomic E-state index is 14.7. The Morgan fingerprint density at radius 3 is 2.81 bits per heavy atom. The number of aromatic nitrogens is 5. The summed E-state index contributed by atoms with van der Waals surface area (Å²) in [6.45, 7) is 4.90. The minimum Gasteiger partial charge on any atom is -0.346 e. The summed E-state index contributed by atoms with van der Waals surface area (Å²) in [5.41, 5.74) is 1.32. The van der Waals surface area contributed by atoms with Crippen molar-refractivity contribution in [1.82, 2.24) is 24.8 Å². The predicted molar refractivity (Wildman–Crippen MR) is 122 cm³/mol. The molecule has 3 aromatic heterocycles. The monoisotopic (exact) mass is 516 g/mol. The lowest BCUT2D eigenvalue weighted by Crippen LogP contribution is -2.34. The zero-order valence-electron chi connectivity index (χ0n) is 17.4. The van der Waals surface area contributed by atoms with E-state index in [1.807, 2.05) is 12.3 Å². The van der Waals surface area contributed by atoms with E-state index in [9.17, 15) is 8.78 Å². The molecule has 6 rings (SSSR count). The van der Waals surface area contributed by atoms with Gasteiger partial charge in [0.1, 0.15) is 27.1 Å². The maximum absolute atomic E-state index is 14.7. The van der Waals surface area contributed by atoms with Gasteiger partial charge in [0.15, 0.2) is 10.7 Å². The van der Waals surface area contributed by atoms with Gasteiger partial charge in [-0.25, -0.2) is 18.3 Å². The average molecular weight is 517 g/mol. The van der Waals surface area contributed by atoms with Crippen molar-refractivity contribution in [1.29, 1.82) is 0 Å². The summed E-state index contributed by atoms with van der Waals surface area (Å²) in [5.74, 6) is 0.511. The highest BCUT2D eigenvalue weighted by atomic mass is 79.9. The fraction of sp³-hybridized carbons (Fsp3) is 0.364. The van der Waals surface area contributed by atoms with Gasteiger partial charge in [0.05, 0.1) is 11.1 Å². The highest BCUT2D eigenvalue weighted by Crippen LogP contribution is 2.63. The zero-order chi connectivity index (χ0) is 22.2. The summed E-state index contributed by atoms with van der Waals surface area (Å²) < 4.78 is 31.1. The van der Waals surface area contributed by atoms with E-state index < -0.39 is 11.4 Å². The Kier molecular flexibility index (Phi) is 4.42. The van der Waals surface area contributed by atoms with Gasteiger partial charge in [0, 0.05) is 24.2 Å². The van der Waals surface area contributed by atoms with Crippen molar-refractivity contribution in [3.8, 4) is 10.6 Å². The molecule has 2 fully saturated rings. The van der Waals surface area contributed by atoms with Crippen molar-refractivity contribution in [2.24, 2.45) is 5.92 Å². The van der Waals surface area contributed by atoms with E-state index in [-0.39, 0.29) is 11.7 Å². The SMILES string of the molecule is CC(C)c1nnc(-c2c(Br)nn3ccc(N4CC[C@H]5C[C@]54c4cc(F)ccc4F)nc23)s1. The smallest absolute Gasteiger partial charge is 0.168 e. The van der Waals surface area contributed by atoms with Crippen molar-refractivity contribution < 1.29 is 8.78 Å². The van der Waals surface area contributed by atoms with Crippen LogP contribution in [-0.4, -0.2) is 31.3 Å². The third-order valence-electron chi connectivity index (χ3n) is 6.50. The molecule has 164 valence electrons. The van der Waals surface area contributed by atoms with E-state index >= 15 is 0 Å². The molecule has 10 heteroatoms. The normalized spacial score (nSPS) is 22.2. The molecule has 0 bridgehead atoms. The highest BCUT2D eigenvalue weighted by Gasteiger charge is 2.64. The van der Waals surface area contributed by atoms with Crippen LogP contribution in [0.2, 0.25) is 0 Å². The molecular weight excluding hydrogens is 498 g/mol. The predicted octanol–water partition coefficient (Wildman–Crippen LogP) is 5.54. The van der Waals surface area contributed by atoms with Crippen LogP contribution in [0.1, 0.15) is 43.2 Å². The van der Waals surface area contributed by atoms with Gasteiger partial charge in [-0.05, 0) is 59.0 Å². The lowest BCUT2D eigenvalue weighted by Gasteiger charge is -2.30. The average Bonchev–Trinajstić information content (AvgIpc) is 3.09. The molecule has 1 aromatic carbocycles. The Bertz CT molecular complexity index is 1370. The van der Waals surface area contributed by atoms with Gasteiger partial charge < -0.3 is 4.90 Å². The highest BCUT2D eigenvalue weighted by molar-refractivity contribution is 9.10. The number of benzene rings is 1.